The largest absolute Gasteiger partial charge is 0.488 e. The fourth-order valence-corrected chi connectivity index (χ4v) is 1.34. The lowest BCUT2D eigenvalue weighted by atomic mass is 9.90. The maximum Gasteiger partial charge on any atom is 0.488 e. The van der Waals surface area contributed by atoms with Gasteiger partial charge in [-0.05, 0) is 39.8 Å². The second-order valence-electron chi connectivity index (χ2n) is 5.67. The maximum absolute atomic E-state index is 11.7. The van der Waals surface area contributed by atoms with E-state index in [1.165, 1.54) is 32.0 Å². The van der Waals surface area contributed by atoms with E-state index in [4.69, 9.17) is 9.31 Å². The van der Waals surface area contributed by atoms with E-state index < -0.39 is 12.2 Å². The predicted molar refractivity (Wildman–Crippen MR) is 76.0 cm³/mol. The molecule has 0 unspecified atom stereocenters. The Kier molecular flexibility index (Phi) is 5.64. The van der Waals surface area contributed by atoms with Crippen molar-refractivity contribution < 1.29 is 27.3 Å². The topological polar surface area (TPSA) is 47.6 Å². The van der Waals surface area contributed by atoms with Crippen molar-refractivity contribution in [1.29, 1.82) is 0 Å². The number of hydrogen-bond donors (Lipinski definition) is 1. The van der Waals surface area contributed by atoms with Gasteiger partial charge in [-0.15, -0.1) is 0 Å². The van der Waals surface area contributed by atoms with Gasteiger partial charge in [0.1, 0.15) is 0 Å². The van der Waals surface area contributed by atoms with E-state index in [0.717, 1.165) is 5.32 Å². The zero-order valence-corrected chi connectivity index (χ0v) is 12.8. The van der Waals surface area contributed by atoms with Gasteiger partial charge in [0.25, 0.3) is 5.91 Å². The highest BCUT2D eigenvalue weighted by Gasteiger charge is 2.44. The minimum Gasteiger partial charge on any atom is -0.405 e. The number of amides is 1. The first-order valence-electron chi connectivity index (χ1n) is 6.56. The minimum absolute atomic E-state index is 0.0141. The van der Waals surface area contributed by atoms with Gasteiger partial charge in [0.05, 0.1) is 11.2 Å². The number of rotatable bonds is 1. The third kappa shape index (κ3) is 5.34. The lowest BCUT2D eigenvalue weighted by Crippen LogP contribution is -2.41. The Labute approximate surface area is 128 Å². The molecule has 1 heterocycles. The molecule has 1 radical (unpaired) electrons. The number of hydrogen-bond acceptors (Lipinski definition) is 3. The molecule has 0 saturated carbocycles. The number of halogens is 3. The number of carbonyl (C=O) groups excluding carboxylic acids is 1. The molecule has 121 valence electrons. The molecule has 2 rings (SSSR count). The molecule has 8 heteroatoms. The van der Waals surface area contributed by atoms with E-state index >= 15 is 0 Å². The Morgan fingerprint density at radius 2 is 1.50 bits per heavy atom. The normalized spacial score (nSPS) is 18.7. The van der Waals surface area contributed by atoms with Crippen LogP contribution in [-0.4, -0.2) is 31.1 Å². The maximum atomic E-state index is 11.7. The second-order valence-corrected chi connectivity index (χ2v) is 5.67. The molecule has 1 saturated heterocycles. The van der Waals surface area contributed by atoms with Gasteiger partial charge in [-0.25, -0.2) is 0 Å². The van der Waals surface area contributed by atoms with Crippen molar-refractivity contribution in [2.24, 2.45) is 0 Å². The second kappa shape index (κ2) is 6.70. The van der Waals surface area contributed by atoms with E-state index in [1.807, 2.05) is 27.7 Å². The highest BCUT2D eigenvalue weighted by atomic mass is 19.4. The molecule has 0 spiro atoms. The van der Waals surface area contributed by atoms with Crippen molar-refractivity contribution in [3.63, 3.8) is 0 Å². The monoisotopic (exact) mass is 316 g/mol. The zero-order chi connectivity index (χ0) is 17.0. The summed E-state index contributed by atoms with van der Waals surface area (Å²) in [5.41, 5.74) is -0.389. The molecule has 1 aliphatic heterocycles. The van der Waals surface area contributed by atoms with Crippen molar-refractivity contribution in [2.45, 2.75) is 45.2 Å². The first kappa shape index (κ1) is 18.5. The fraction of sp³-hybridized carbons (Fsp3) is 0.500. The number of carbonyl (C=O) groups is 1. The molecule has 0 atom stereocenters. The number of nitrogens with one attached hydrogen (secondary N) is 1. The smallest absolute Gasteiger partial charge is 0.405 e. The summed E-state index contributed by atoms with van der Waals surface area (Å²) < 4.78 is 45.4. The molecule has 1 aromatic carbocycles. The molecular weight excluding hydrogens is 298 g/mol. The Bertz CT molecular complexity index is 490. The van der Waals surface area contributed by atoms with Gasteiger partial charge in [0.15, 0.2) is 0 Å². The first-order valence-corrected chi connectivity index (χ1v) is 6.56. The first-order chi connectivity index (χ1) is 9.95. The Morgan fingerprint density at radius 3 is 1.82 bits per heavy atom. The lowest BCUT2D eigenvalue weighted by Gasteiger charge is -2.32. The average Bonchev–Trinajstić information content (AvgIpc) is 2.61. The standard InChI is InChI=1S/C8H6F3NO.C6H12BO2/c9-8(10,11)12-7(13)6-4-2-1-3-5-6;1-5(2)6(3,4)9-7-8-5/h1-5H,(H,12,13);1-4H3. The third-order valence-electron chi connectivity index (χ3n) is 3.43. The van der Waals surface area contributed by atoms with E-state index in [0.29, 0.717) is 0 Å². The summed E-state index contributed by atoms with van der Waals surface area (Å²) in [5.74, 6) is -1.15. The Balaban J connectivity index is 0.000000235. The lowest BCUT2D eigenvalue weighted by molar-refractivity contribution is -0.146. The Morgan fingerprint density at radius 1 is 1.05 bits per heavy atom. The van der Waals surface area contributed by atoms with Crippen LogP contribution in [0.25, 0.3) is 0 Å². The molecule has 1 N–H and O–H groups in total. The summed E-state index contributed by atoms with van der Waals surface area (Å²) in [5, 5.41) is 0.896. The molecule has 0 aromatic heterocycles. The molecular formula is C14H18BF3NO3. The summed E-state index contributed by atoms with van der Waals surface area (Å²) >= 11 is 0. The van der Waals surface area contributed by atoms with Crippen LogP contribution < -0.4 is 5.32 Å². The van der Waals surface area contributed by atoms with E-state index in [9.17, 15) is 18.0 Å². The highest BCUT2D eigenvalue weighted by Crippen LogP contribution is 2.33. The average molecular weight is 316 g/mol. The zero-order valence-electron chi connectivity index (χ0n) is 12.8. The third-order valence-corrected chi connectivity index (χ3v) is 3.43. The van der Waals surface area contributed by atoms with Gasteiger partial charge in [-0.1, -0.05) is 18.2 Å². The molecule has 1 aromatic rings. The number of benzene rings is 1. The molecule has 4 nitrogen and oxygen atoms in total. The Hall–Kier alpha value is -1.54. The summed E-state index contributed by atoms with van der Waals surface area (Å²) in [4.78, 5) is 10.8. The highest BCUT2D eigenvalue weighted by molar-refractivity contribution is 6.19. The SMILES string of the molecule is CC1(C)O[B]OC1(C)C.O=C(NC(F)(F)F)c1ccccc1. The molecule has 1 aliphatic rings. The van der Waals surface area contributed by atoms with Crippen LogP contribution in [0.2, 0.25) is 0 Å². The summed E-state index contributed by atoms with van der Waals surface area (Å²) in [7, 11) is 1.42. The number of alkyl halides is 3. The van der Waals surface area contributed by atoms with Crippen LogP contribution in [0.1, 0.15) is 38.1 Å². The quantitative estimate of drug-likeness (QED) is 0.640. The van der Waals surface area contributed by atoms with Gasteiger partial charge in [-0.2, -0.15) is 13.2 Å². The van der Waals surface area contributed by atoms with Gasteiger partial charge in [-0.3, -0.25) is 10.1 Å². The van der Waals surface area contributed by atoms with E-state index in [1.54, 1.807) is 6.07 Å². The molecule has 1 fully saturated rings. The summed E-state index contributed by atoms with van der Waals surface area (Å²) in [6, 6.07) is 7.21. The predicted octanol–water partition coefficient (Wildman–Crippen LogP) is 3.06. The van der Waals surface area contributed by atoms with Crippen LogP contribution in [0, 0.1) is 0 Å². The van der Waals surface area contributed by atoms with Gasteiger partial charge < -0.3 is 9.31 Å². The molecule has 1 amide bonds. The van der Waals surface area contributed by atoms with Crippen LogP contribution in [0.5, 0.6) is 0 Å². The van der Waals surface area contributed by atoms with Crippen LogP contribution in [0.3, 0.4) is 0 Å². The molecule has 0 aliphatic carbocycles. The van der Waals surface area contributed by atoms with Crippen molar-refractivity contribution in [3.05, 3.63) is 35.9 Å². The van der Waals surface area contributed by atoms with E-state index in [-0.39, 0.29) is 16.8 Å². The van der Waals surface area contributed by atoms with Crippen LogP contribution in [-0.2, 0) is 9.31 Å². The van der Waals surface area contributed by atoms with E-state index in [2.05, 4.69) is 0 Å². The van der Waals surface area contributed by atoms with Crippen molar-refractivity contribution >= 4 is 13.6 Å². The van der Waals surface area contributed by atoms with Gasteiger partial charge >= 0.3 is 14.0 Å². The minimum atomic E-state index is -4.67. The fourth-order valence-electron chi connectivity index (χ4n) is 1.34. The van der Waals surface area contributed by atoms with Crippen molar-refractivity contribution in [2.75, 3.05) is 0 Å². The van der Waals surface area contributed by atoms with Crippen LogP contribution in [0.15, 0.2) is 30.3 Å². The van der Waals surface area contributed by atoms with Gasteiger partial charge in [0.2, 0.25) is 0 Å². The molecule has 0 bridgehead atoms. The van der Waals surface area contributed by atoms with Crippen LogP contribution in [0.4, 0.5) is 13.2 Å². The van der Waals surface area contributed by atoms with Crippen molar-refractivity contribution in [3.8, 4) is 0 Å². The van der Waals surface area contributed by atoms with Gasteiger partial charge in [0, 0.05) is 5.56 Å². The summed E-state index contributed by atoms with van der Waals surface area (Å²) in [6.07, 6.45) is -4.67. The van der Waals surface area contributed by atoms with Crippen molar-refractivity contribution in [1.82, 2.24) is 5.32 Å². The van der Waals surface area contributed by atoms with Crippen LogP contribution >= 0.6 is 0 Å². The molecule has 22 heavy (non-hydrogen) atoms. The summed E-state index contributed by atoms with van der Waals surface area (Å²) in [6.45, 7) is 8.04.